The van der Waals surface area contributed by atoms with Crippen molar-refractivity contribution in [2.75, 3.05) is 40.4 Å². The fraction of sp³-hybridized carbons (Fsp3) is 1.00. The van der Waals surface area contributed by atoms with E-state index in [0.717, 1.165) is 12.5 Å². The second-order valence-corrected chi connectivity index (χ2v) is 6.61. The Morgan fingerprint density at radius 2 is 2.00 bits per heavy atom. The van der Waals surface area contributed by atoms with E-state index < -0.39 is 0 Å². The standard InChI is InChI=1S/C16H32N2O/c1-17-16(8-4-3-5-9-16)10-12-18-11-6-7-15(13-18)14-19-2/h15,17H,3-14H2,1-2H3. The van der Waals surface area contributed by atoms with E-state index in [9.17, 15) is 0 Å². The first-order valence-electron chi connectivity index (χ1n) is 8.18. The Hall–Kier alpha value is -0.120. The zero-order chi connectivity index (χ0) is 13.6. The number of methoxy groups -OCH3 is 1. The van der Waals surface area contributed by atoms with Crippen LogP contribution in [0.2, 0.25) is 0 Å². The summed E-state index contributed by atoms with van der Waals surface area (Å²) < 4.78 is 5.33. The van der Waals surface area contributed by atoms with Gasteiger partial charge in [0.25, 0.3) is 0 Å². The number of nitrogens with one attached hydrogen (secondary N) is 1. The summed E-state index contributed by atoms with van der Waals surface area (Å²) in [6, 6.07) is 0. The summed E-state index contributed by atoms with van der Waals surface area (Å²) in [5.74, 6) is 0.760. The predicted octanol–water partition coefficient (Wildman–Crippen LogP) is 2.66. The van der Waals surface area contributed by atoms with Gasteiger partial charge in [0.2, 0.25) is 0 Å². The molecule has 0 aromatic rings. The molecule has 2 fully saturated rings. The van der Waals surface area contributed by atoms with Crippen LogP contribution < -0.4 is 5.32 Å². The molecule has 0 bridgehead atoms. The average Bonchev–Trinajstić information content (AvgIpc) is 2.47. The van der Waals surface area contributed by atoms with E-state index >= 15 is 0 Å². The van der Waals surface area contributed by atoms with Gasteiger partial charge >= 0.3 is 0 Å². The minimum absolute atomic E-state index is 0.437. The molecule has 1 aliphatic heterocycles. The highest BCUT2D eigenvalue weighted by Gasteiger charge is 2.31. The van der Waals surface area contributed by atoms with Crippen LogP contribution in [0.3, 0.4) is 0 Å². The Morgan fingerprint density at radius 1 is 1.21 bits per heavy atom. The van der Waals surface area contributed by atoms with Crippen molar-refractivity contribution in [2.45, 2.75) is 56.9 Å². The van der Waals surface area contributed by atoms with E-state index in [1.165, 1.54) is 71.0 Å². The molecule has 0 aromatic carbocycles. The molecule has 1 aliphatic carbocycles. The fourth-order valence-electron chi connectivity index (χ4n) is 3.95. The van der Waals surface area contributed by atoms with Crippen molar-refractivity contribution in [3.63, 3.8) is 0 Å². The summed E-state index contributed by atoms with van der Waals surface area (Å²) >= 11 is 0. The fourth-order valence-corrected chi connectivity index (χ4v) is 3.95. The zero-order valence-electron chi connectivity index (χ0n) is 12.9. The van der Waals surface area contributed by atoms with Crippen LogP contribution in [-0.2, 0) is 4.74 Å². The third-order valence-corrected chi connectivity index (χ3v) is 5.25. The van der Waals surface area contributed by atoms with Gasteiger partial charge in [0, 0.05) is 19.2 Å². The van der Waals surface area contributed by atoms with Crippen molar-refractivity contribution in [3.05, 3.63) is 0 Å². The van der Waals surface area contributed by atoms with Crippen LogP contribution in [0, 0.1) is 5.92 Å². The minimum atomic E-state index is 0.437. The Morgan fingerprint density at radius 3 is 2.68 bits per heavy atom. The molecule has 2 aliphatic rings. The van der Waals surface area contributed by atoms with Crippen molar-refractivity contribution in [1.29, 1.82) is 0 Å². The molecular formula is C16H32N2O. The van der Waals surface area contributed by atoms with Crippen molar-refractivity contribution in [1.82, 2.24) is 10.2 Å². The highest BCUT2D eigenvalue weighted by atomic mass is 16.5. The lowest BCUT2D eigenvalue weighted by Gasteiger charge is -2.40. The lowest BCUT2D eigenvalue weighted by molar-refractivity contribution is 0.0822. The summed E-state index contributed by atoms with van der Waals surface area (Å²) in [5.41, 5.74) is 0.437. The van der Waals surface area contributed by atoms with Gasteiger partial charge in [0.1, 0.15) is 0 Å². The van der Waals surface area contributed by atoms with Crippen LogP contribution >= 0.6 is 0 Å². The van der Waals surface area contributed by atoms with E-state index in [0.29, 0.717) is 5.54 Å². The number of rotatable bonds is 6. The van der Waals surface area contributed by atoms with Crippen molar-refractivity contribution < 1.29 is 4.74 Å². The maximum atomic E-state index is 5.33. The van der Waals surface area contributed by atoms with E-state index in [2.05, 4.69) is 17.3 Å². The van der Waals surface area contributed by atoms with Crippen LogP contribution in [0.1, 0.15) is 51.4 Å². The van der Waals surface area contributed by atoms with Crippen LogP contribution in [0.5, 0.6) is 0 Å². The highest BCUT2D eigenvalue weighted by molar-refractivity contribution is 4.90. The molecule has 1 unspecified atom stereocenters. The van der Waals surface area contributed by atoms with Crippen LogP contribution in [0.15, 0.2) is 0 Å². The van der Waals surface area contributed by atoms with Gasteiger partial charge in [0.15, 0.2) is 0 Å². The zero-order valence-corrected chi connectivity index (χ0v) is 12.9. The average molecular weight is 268 g/mol. The maximum absolute atomic E-state index is 5.33. The number of likely N-dealkylation sites (tertiary alicyclic amines) is 1. The molecule has 1 saturated heterocycles. The molecule has 1 saturated carbocycles. The number of hydrogen-bond donors (Lipinski definition) is 1. The molecule has 3 nitrogen and oxygen atoms in total. The molecule has 0 aromatic heterocycles. The Kier molecular flexibility index (Phi) is 6.11. The molecule has 0 amide bonds. The third-order valence-electron chi connectivity index (χ3n) is 5.25. The van der Waals surface area contributed by atoms with Gasteiger partial charge in [0.05, 0.1) is 6.61 Å². The molecule has 1 heterocycles. The molecule has 1 N–H and O–H groups in total. The normalized spacial score (nSPS) is 28.4. The number of ether oxygens (including phenoxy) is 1. The molecule has 112 valence electrons. The first-order valence-corrected chi connectivity index (χ1v) is 8.18. The lowest BCUT2D eigenvalue weighted by atomic mass is 9.79. The van der Waals surface area contributed by atoms with Gasteiger partial charge in [-0.05, 0) is 58.2 Å². The molecule has 2 rings (SSSR count). The summed E-state index contributed by atoms with van der Waals surface area (Å²) in [4.78, 5) is 2.67. The van der Waals surface area contributed by atoms with E-state index in [1.54, 1.807) is 0 Å². The van der Waals surface area contributed by atoms with Gasteiger partial charge in [-0.25, -0.2) is 0 Å². The molecule has 1 atom stereocenters. The largest absolute Gasteiger partial charge is 0.384 e. The van der Waals surface area contributed by atoms with Gasteiger partial charge in [-0.3, -0.25) is 0 Å². The summed E-state index contributed by atoms with van der Waals surface area (Å²) in [6.45, 7) is 4.74. The van der Waals surface area contributed by atoms with Crippen LogP contribution in [-0.4, -0.2) is 50.8 Å². The summed E-state index contributed by atoms with van der Waals surface area (Å²) in [5, 5.41) is 3.64. The Bertz CT molecular complexity index is 249. The second-order valence-electron chi connectivity index (χ2n) is 6.61. The predicted molar refractivity (Wildman–Crippen MR) is 80.5 cm³/mol. The molecule has 19 heavy (non-hydrogen) atoms. The van der Waals surface area contributed by atoms with Gasteiger partial charge in [-0.1, -0.05) is 19.3 Å². The quantitative estimate of drug-likeness (QED) is 0.801. The first-order chi connectivity index (χ1) is 9.28. The van der Waals surface area contributed by atoms with Crippen LogP contribution in [0.4, 0.5) is 0 Å². The van der Waals surface area contributed by atoms with Gasteiger partial charge in [-0.2, -0.15) is 0 Å². The molecule has 3 heteroatoms. The topological polar surface area (TPSA) is 24.5 Å². The molecular weight excluding hydrogens is 236 g/mol. The van der Waals surface area contributed by atoms with E-state index in [1.807, 2.05) is 7.11 Å². The van der Waals surface area contributed by atoms with Crippen molar-refractivity contribution in [3.8, 4) is 0 Å². The summed E-state index contributed by atoms with van der Waals surface area (Å²) in [7, 11) is 3.99. The minimum Gasteiger partial charge on any atom is -0.384 e. The van der Waals surface area contributed by atoms with Gasteiger partial charge < -0.3 is 15.0 Å². The monoisotopic (exact) mass is 268 g/mol. The first kappa shape index (κ1) is 15.3. The lowest BCUT2D eigenvalue weighted by Crippen LogP contribution is -2.48. The highest BCUT2D eigenvalue weighted by Crippen LogP contribution is 2.31. The SMILES string of the molecule is CNC1(CCN2CCCC(COC)C2)CCCCC1. The Labute approximate surface area is 119 Å². The second kappa shape index (κ2) is 7.61. The van der Waals surface area contributed by atoms with Gasteiger partial charge in [-0.15, -0.1) is 0 Å². The number of piperidine rings is 1. The van der Waals surface area contributed by atoms with Crippen molar-refractivity contribution in [2.24, 2.45) is 5.92 Å². The maximum Gasteiger partial charge on any atom is 0.0502 e. The van der Waals surface area contributed by atoms with Crippen molar-refractivity contribution >= 4 is 0 Å². The third kappa shape index (κ3) is 4.44. The molecule has 0 radical (unpaired) electrons. The van der Waals surface area contributed by atoms with E-state index in [4.69, 9.17) is 4.74 Å². The van der Waals surface area contributed by atoms with E-state index in [-0.39, 0.29) is 0 Å². The molecule has 0 spiro atoms. The number of hydrogen-bond acceptors (Lipinski definition) is 3. The van der Waals surface area contributed by atoms with Crippen LogP contribution in [0.25, 0.3) is 0 Å². The smallest absolute Gasteiger partial charge is 0.0502 e. The summed E-state index contributed by atoms with van der Waals surface area (Å²) in [6.07, 6.45) is 11.0. The number of nitrogens with zero attached hydrogens (tertiary/aromatic N) is 1. The Balaban J connectivity index is 1.76.